The van der Waals surface area contributed by atoms with Gasteiger partial charge >= 0.3 is 0 Å². The van der Waals surface area contributed by atoms with Crippen molar-refractivity contribution < 1.29 is 4.79 Å². The van der Waals surface area contributed by atoms with Gasteiger partial charge in [-0.1, -0.05) is 32.6 Å². The van der Waals surface area contributed by atoms with Crippen LogP contribution in [0.25, 0.3) is 0 Å². The van der Waals surface area contributed by atoms with E-state index in [0.717, 1.165) is 19.5 Å². The van der Waals surface area contributed by atoms with Gasteiger partial charge in [0.15, 0.2) is 0 Å². The number of hydrogen-bond donors (Lipinski definition) is 1. The molecule has 0 saturated carbocycles. The summed E-state index contributed by atoms with van der Waals surface area (Å²) in [5, 5.41) is 2.95. The van der Waals surface area contributed by atoms with E-state index < -0.39 is 0 Å². The first-order chi connectivity index (χ1) is 7.16. The van der Waals surface area contributed by atoms with Gasteiger partial charge in [0.1, 0.15) is 0 Å². The van der Waals surface area contributed by atoms with E-state index in [1.165, 1.54) is 25.7 Å². The van der Waals surface area contributed by atoms with E-state index in [0.29, 0.717) is 6.42 Å². The van der Waals surface area contributed by atoms with Crippen LogP contribution in [-0.2, 0) is 4.79 Å². The number of carbonyl (C=O) groups excluding carboxylic acids is 1. The van der Waals surface area contributed by atoms with Crippen molar-refractivity contribution in [1.82, 2.24) is 10.2 Å². The lowest BCUT2D eigenvalue weighted by Crippen LogP contribution is -2.28. The van der Waals surface area contributed by atoms with Crippen LogP contribution in [0.15, 0.2) is 0 Å². The Labute approximate surface area is 94.2 Å². The van der Waals surface area contributed by atoms with Crippen LogP contribution >= 0.6 is 0 Å². The van der Waals surface area contributed by atoms with E-state index in [-0.39, 0.29) is 5.91 Å². The SMILES string of the molecule is CCCCCCCNC(=O)CCN(C)C. The van der Waals surface area contributed by atoms with Gasteiger partial charge in [-0.25, -0.2) is 0 Å². The highest BCUT2D eigenvalue weighted by Gasteiger charge is 2.00. The Kier molecular flexibility index (Phi) is 9.59. The topological polar surface area (TPSA) is 32.3 Å². The number of nitrogens with one attached hydrogen (secondary N) is 1. The Morgan fingerprint density at radius 2 is 1.80 bits per heavy atom. The minimum absolute atomic E-state index is 0.180. The van der Waals surface area contributed by atoms with Gasteiger partial charge in [0.2, 0.25) is 5.91 Å². The molecular weight excluding hydrogens is 188 g/mol. The van der Waals surface area contributed by atoms with Crippen LogP contribution in [-0.4, -0.2) is 38.0 Å². The first-order valence-electron chi connectivity index (χ1n) is 6.08. The van der Waals surface area contributed by atoms with Gasteiger partial charge in [0, 0.05) is 19.5 Å². The molecular formula is C12H26N2O. The quantitative estimate of drug-likeness (QED) is 0.596. The number of rotatable bonds is 9. The molecule has 0 aliphatic carbocycles. The lowest BCUT2D eigenvalue weighted by molar-refractivity contribution is -0.121. The molecule has 0 aliphatic heterocycles. The fourth-order valence-corrected chi connectivity index (χ4v) is 1.37. The van der Waals surface area contributed by atoms with Crippen molar-refractivity contribution in [2.45, 2.75) is 45.4 Å². The maximum absolute atomic E-state index is 11.3. The van der Waals surface area contributed by atoms with Gasteiger partial charge in [-0.3, -0.25) is 4.79 Å². The van der Waals surface area contributed by atoms with Crippen molar-refractivity contribution in [3.8, 4) is 0 Å². The maximum Gasteiger partial charge on any atom is 0.221 e. The zero-order chi connectivity index (χ0) is 11.5. The van der Waals surface area contributed by atoms with Gasteiger partial charge in [0.25, 0.3) is 0 Å². The Morgan fingerprint density at radius 3 is 2.40 bits per heavy atom. The Bertz CT molecular complexity index is 158. The third-order valence-corrected chi connectivity index (χ3v) is 2.39. The molecule has 0 spiro atoms. The molecule has 0 aromatic carbocycles. The van der Waals surface area contributed by atoms with Gasteiger partial charge in [-0.2, -0.15) is 0 Å². The zero-order valence-electron chi connectivity index (χ0n) is 10.5. The predicted octanol–water partition coefficient (Wildman–Crippen LogP) is 2.02. The smallest absolute Gasteiger partial charge is 0.221 e. The summed E-state index contributed by atoms with van der Waals surface area (Å²) in [5.74, 6) is 0.180. The van der Waals surface area contributed by atoms with Crippen molar-refractivity contribution in [2.75, 3.05) is 27.2 Å². The van der Waals surface area contributed by atoms with Crippen molar-refractivity contribution in [1.29, 1.82) is 0 Å². The number of amides is 1. The largest absolute Gasteiger partial charge is 0.356 e. The molecule has 0 aromatic rings. The number of carbonyl (C=O) groups is 1. The van der Waals surface area contributed by atoms with E-state index in [9.17, 15) is 4.79 Å². The molecule has 0 bridgehead atoms. The normalized spacial score (nSPS) is 10.7. The van der Waals surface area contributed by atoms with Crippen LogP contribution in [0.2, 0.25) is 0 Å². The highest BCUT2D eigenvalue weighted by Crippen LogP contribution is 2.01. The molecule has 0 rings (SSSR count). The summed E-state index contributed by atoms with van der Waals surface area (Å²) in [5.41, 5.74) is 0. The van der Waals surface area contributed by atoms with E-state index in [1.54, 1.807) is 0 Å². The molecule has 0 heterocycles. The number of unbranched alkanes of at least 4 members (excludes halogenated alkanes) is 4. The van der Waals surface area contributed by atoms with Crippen molar-refractivity contribution in [3.05, 3.63) is 0 Å². The van der Waals surface area contributed by atoms with Crippen LogP contribution in [0.3, 0.4) is 0 Å². The molecule has 0 atom stereocenters. The second-order valence-corrected chi connectivity index (χ2v) is 4.32. The Hall–Kier alpha value is -0.570. The third-order valence-electron chi connectivity index (χ3n) is 2.39. The van der Waals surface area contributed by atoms with E-state index in [2.05, 4.69) is 12.2 Å². The molecule has 0 saturated heterocycles. The highest BCUT2D eigenvalue weighted by atomic mass is 16.1. The first kappa shape index (κ1) is 14.4. The maximum atomic E-state index is 11.3. The lowest BCUT2D eigenvalue weighted by atomic mass is 10.1. The molecule has 0 radical (unpaired) electrons. The van der Waals surface area contributed by atoms with Crippen LogP contribution in [0.4, 0.5) is 0 Å². The lowest BCUT2D eigenvalue weighted by Gasteiger charge is -2.09. The second kappa shape index (κ2) is 9.97. The van der Waals surface area contributed by atoms with Crippen LogP contribution < -0.4 is 5.32 Å². The summed E-state index contributed by atoms with van der Waals surface area (Å²) in [4.78, 5) is 13.3. The van der Waals surface area contributed by atoms with Crippen molar-refractivity contribution >= 4 is 5.91 Å². The average Bonchev–Trinajstić information content (AvgIpc) is 2.20. The highest BCUT2D eigenvalue weighted by molar-refractivity contribution is 5.75. The molecule has 3 nitrogen and oxygen atoms in total. The zero-order valence-corrected chi connectivity index (χ0v) is 10.5. The summed E-state index contributed by atoms with van der Waals surface area (Å²) < 4.78 is 0. The summed E-state index contributed by atoms with van der Waals surface area (Å²) in [6.07, 6.45) is 6.85. The Balaban J connectivity index is 3.17. The van der Waals surface area contributed by atoms with Gasteiger partial charge in [-0.05, 0) is 20.5 Å². The standard InChI is InChI=1S/C12H26N2O/c1-4-5-6-7-8-10-13-12(15)9-11-14(2)3/h4-11H2,1-3H3,(H,13,15). The molecule has 3 heteroatoms. The number of hydrogen-bond acceptors (Lipinski definition) is 2. The molecule has 0 aromatic heterocycles. The third kappa shape index (κ3) is 11.4. The van der Waals surface area contributed by atoms with E-state index in [1.807, 2.05) is 19.0 Å². The summed E-state index contributed by atoms with van der Waals surface area (Å²) in [7, 11) is 3.97. The molecule has 90 valence electrons. The van der Waals surface area contributed by atoms with Gasteiger partial charge in [0.05, 0.1) is 0 Å². The number of nitrogens with zero attached hydrogens (tertiary/aromatic N) is 1. The van der Waals surface area contributed by atoms with E-state index >= 15 is 0 Å². The van der Waals surface area contributed by atoms with Crippen LogP contribution in [0, 0.1) is 0 Å². The monoisotopic (exact) mass is 214 g/mol. The van der Waals surface area contributed by atoms with Crippen molar-refractivity contribution in [3.63, 3.8) is 0 Å². The summed E-state index contributed by atoms with van der Waals surface area (Å²) >= 11 is 0. The van der Waals surface area contributed by atoms with Crippen molar-refractivity contribution in [2.24, 2.45) is 0 Å². The first-order valence-corrected chi connectivity index (χ1v) is 6.08. The summed E-state index contributed by atoms with van der Waals surface area (Å²) in [6.45, 7) is 3.89. The van der Waals surface area contributed by atoms with E-state index in [4.69, 9.17) is 0 Å². The van der Waals surface area contributed by atoms with Gasteiger partial charge in [-0.15, -0.1) is 0 Å². The molecule has 0 fully saturated rings. The molecule has 0 aliphatic rings. The fraction of sp³-hybridized carbons (Fsp3) is 0.917. The molecule has 15 heavy (non-hydrogen) atoms. The average molecular weight is 214 g/mol. The van der Waals surface area contributed by atoms with Crippen LogP contribution in [0.5, 0.6) is 0 Å². The minimum atomic E-state index is 0.180. The van der Waals surface area contributed by atoms with Gasteiger partial charge < -0.3 is 10.2 Å². The molecule has 1 N–H and O–H groups in total. The minimum Gasteiger partial charge on any atom is -0.356 e. The predicted molar refractivity (Wildman–Crippen MR) is 64.9 cm³/mol. The molecule has 1 amide bonds. The summed E-state index contributed by atoms with van der Waals surface area (Å²) in [6, 6.07) is 0. The second-order valence-electron chi connectivity index (χ2n) is 4.32. The molecule has 0 unspecified atom stereocenters. The Morgan fingerprint density at radius 1 is 1.13 bits per heavy atom. The van der Waals surface area contributed by atoms with Crippen LogP contribution in [0.1, 0.15) is 45.4 Å². The fourth-order valence-electron chi connectivity index (χ4n) is 1.37.